The van der Waals surface area contributed by atoms with E-state index in [0.29, 0.717) is 6.04 Å². The van der Waals surface area contributed by atoms with Crippen molar-refractivity contribution < 1.29 is 4.74 Å². The van der Waals surface area contributed by atoms with Gasteiger partial charge in [0.1, 0.15) is 0 Å². The van der Waals surface area contributed by atoms with Gasteiger partial charge in [0.25, 0.3) is 0 Å². The summed E-state index contributed by atoms with van der Waals surface area (Å²) in [6.07, 6.45) is 3.73. The fourth-order valence-electron chi connectivity index (χ4n) is 2.64. The molecular formula is C16H29N3OS. The second kappa shape index (κ2) is 8.11. The van der Waals surface area contributed by atoms with Gasteiger partial charge in [0, 0.05) is 31.1 Å². The lowest BCUT2D eigenvalue weighted by Gasteiger charge is -2.28. The Balaban J connectivity index is 2.15. The number of hydrogen-bond donors (Lipinski definition) is 1. The molecule has 1 N–H and O–H groups in total. The lowest BCUT2D eigenvalue weighted by atomic mass is 10.2. The molecule has 1 aromatic rings. The van der Waals surface area contributed by atoms with Crippen LogP contribution < -0.4 is 10.2 Å². The van der Waals surface area contributed by atoms with E-state index in [9.17, 15) is 0 Å². The number of ether oxygens (including phenoxy) is 1. The van der Waals surface area contributed by atoms with Crippen molar-refractivity contribution in [1.82, 2.24) is 10.3 Å². The van der Waals surface area contributed by atoms with Gasteiger partial charge in [0.05, 0.1) is 12.3 Å². The number of nitrogens with one attached hydrogen (secondary N) is 1. The van der Waals surface area contributed by atoms with Crippen LogP contribution in [0.2, 0.25) is 0 Å². The number of hydrogen-bond acceptors (Lipinski definition) is 5. The number of aryl methyl sites for hydroxylation is 1. The molecule has 1 unspecified atom stereocenters. The number of rotatable bonds is 10. The first-order chi connectivity index (χ1) is 10.2. The van der Waals surface area contributed by atoms with Gasteiger partial charge in [0.15, 0.2) is 5.13 Å². The molecule has 1 heterocycles. The topological polar surface area (TPSA) is 37.4 Å². The van der Waals surface area contributed by atoms with Crippen molar-refractivity contribution in [2.45, 2.75) is 52.6 Å². The zero-order chi connectivity index (χ0) is 15.2. The molecule has 0 aromatic carbocycles. The number of aromatic nitrogens is 1. The second-order valence-corrected chi connectivity index (χ2v) is 6.83. The van der Waals surface area contributed by atoms with E-state index in [1.807, 2.05) is 11.3 Å². The van der Waals surface area contributed by atoms with E-state index >= 15 is 0 Å². The van der Waals surface area contributed by atoms with Crippen LogP contribution in [0.1, 0.15) is 44.2 Å². The fourth-order valence-corrected chi connectivity index (χ4v) is 3.87. The molecule has 0 spiro atoms. The molecule has 1 aliphatic carbocycles. The first kappa shape index (κ1) is 16.7. The predicted molar refractivity (Wildman–Crippen MR) is 90.3 cm³/mol. The van der Waals surface area contributed by atoms with Crippen LogP contribution in [0.4, 0.5) is 5.13 Å². The number of nitrogens with zero attached hydrogens (tertiary/aromatic N) is 2. The van der Waals surface area contributed by atoms with E-state index in [4.69, 9.17) is 9.72 Å². The van der Waals surface area contributed by atoms with Crippen molar-refractivity contribution in [2.24, 2.45) is 5.92 Å². The van der Waals surface area contributed by atoms with E-state index in [1.54, 1.807) is 7.11 Å². The minimum absolute atomic E-state index is 0.572. The maximum absolute atomic E-state index is 5.30. The van der Waals surface area contributed by atoms with Crippen LogP contribution >= 0.6 is 11.3 Å². The van der Waals surface area contributed by atoms with Crippen molar-refractivity contribution in [1.29, 1.82) is 0 Å². The predicted octanol–water partition coefficient (Wildman–Crippen LogP) is 3.07. The quantitative estimate of drug-likeness (QED) is 0.720. The smallest absolute Gasteiger partial charge is 0.186 e. The Kier molecular flexibility index (Phi) is 6.45. The maximum Gasteiger partial charge on any atom is 0.186 e. The van der Waals surface area contributed by atoms with Crippen LogP contribution in [0.3, 0.4) is 0 Å². The lowest BCUT2D eigenvalue weighted by molar-refractivity contribution is 0.202. The van der Waals surface area contributed by atoms with Crippen molar-refractivity contribution in [3.8, 4) is 0 Å². The minimum atomic E-state index is 0.572. The summed E-state index contributed by atoms with van der Waals surface area (Å²) in [6, 6.07) is 0.572. The lowest BCUT2D eigenvalue weighted by Crippen LogP contribution is -2.37. The van der Waals surface area contributed by atoms with Crippen molar-refractivity contribution >= 4 is 16.5 Å². The zero-order valence-electron chi connectivity index (χ0n) is 13.8. The summed E-state index contributed by atoms with van der Waals surface area (Å²) in [5, 5.41) is 4.60. The minimum Gasteiger partial charge on any atom is -0.383 e. The molecule has 0 aliphatic heterocycles. The molecule has 0 amide bonds. The molecule has 0 radical (unpaired) electrons. The summed E-state index contributed by atoms with van der Waals surface area (Å²) in [7, 11) is 1.77. The maximum atomic E-state index is 5.30. The van der Waals surface area contributed by atoms with Crippen LogP contribution in [-0.2, 0) is 17.7 Å². The van der Waals surface area contributed by atoms with Gasteiger partial charge in [-0.15, -0.1) is 11.3 Å². The highest BCUT2D eigenvalue weighted by atomic mass is 32.1. The molecule has 1 aliphatic rings. The summed E-state index contributed by atoms with van der Waals surface area (Å²) in [5.74, 6) is 0.841. The Labute approximate surface area is 132 Å². The van der Waals surface area contributed by atoms with Crippen LogP contribution in [0.5, 0.6) is 0 Å². The Morgan fingerprint density at radius 1 is 1.43 bits per heavy atom. The van der Waals surface area contributed by atoms with Gasteiger partial charge in [0.2, 0.25) is 0 Å². The molecule has 0 saturated heterocycles. The fraction of sp³-hybridized carbons (Fsp3) is 0.812. The van der Waals surface area contributed by atoms with Gasteiger partial charge in [-0.1, -0.05) is 13.8 Å². The van der Waals surface area contributed by atoms with Crippen LogP contribution in [0, 0.1) is 5.92 Å². The largest absolute Gasteiger partial charge is 0.383 e. The number of thiazole rings is 1. The molecule has 1 saturated carbocycles. The van der Waals surface area contributed by atoms with E-state index in [-0.39, 0.29) is 0 Å². The van der Waals surface area contributed by atoms with Crippen molar-refractivity contribution in [3.63, 3.8) is 0 Å². The highest BCUT2D eigenvalue weighted by molar-refractivity contribution is 7.15. The Morgan fingerprint density at radius 3 is 2.76 bits per heavy atom. The van der Waals surface area contributed by atoms with E-state index in [2.05, 4.69) is 31.0 Å². The molecule has 1 fully saturated rings. The van der Waals surface area contributed by atoms with Crippen LogP contribution in [-0.4, -0.2) is 37.8 Å². The summed E-state index contributed by atoms with van der Waals surface area (Å²) in [5.41, 5.74) is 1.25. The third-order valence-electron chi connectivity index (χ3n) is 4.22. The van der Waals surface area contributed by atoms with Gasteiger partial charge < -0.3 is 15.0 Å². The molecule has 21 heavy (non-hydrogen) atoms. The van der Waals surface area contributed by atoms with Gasteiger partial charge in [-0.25, -0.2) is 4.98 Å². The highest BCUT2D eigenvalue weighted by Crippen LogP contribution is 2.38. The highest BCUT2D eigenvalue weighted by Gasteiger charge is 2.33. The SMILES string of the molecule is CCNCc1sc(N(CCOC)C(C)C2CC2)nc1CC. The number of anilines is 1. The Bertz CT molecular complexity index is 431. The molecule has 1 atom stereocenters. The van der Waals surface area contributed by atoms with Gasteiger partial charge in [-0.05, 0) is 38.6 Å². The first-order valence-corrected chi connectivity index (χ1v) is 8.97. The summed E-state index contributed by atoms with van der Waals surface area (Å²) < 4.78 is 5.30. The summed E-state index contributed by atoms with van der Waals surface area (Å²) >= 11 is 1.85. The molecule has 120 valence electrons. The average molecular weight is 311 g/mol. The molecule has 1 aromatic heterocycles. The van der Waals surface area contributed by atoms with Crippen LogP contribution in [0.15, 0.2) is 0 Å². The summed E-state index contributed by atoms with van der Waals surface area (Å²) in [6.45, 7) is 10.3. The monoisotopic (exact) mass is 311 g/mol. The van der Waals surface area contributed by atoms with E-state index < -0.39 is 0 Å². The van der Waals surface area contributed by atoms with Crippen LogP contribution in [0.25, 0.3) is 0 Å². The molecule has 4 nitrogen and oxygen atoms in total. The van der Waals surface area contributed by atoms with Gasteiger partial charge in [-0.3, -0.25) is 0 Å². The standard InChI is InChI=1S/C16H29N3OS/c1-5-14-15(11-17-6-2)21-16(18-14)19(9-10-20-4)12(3)13-7-8-13/h12-13,17H,5-11H2,1-4H3. The Morgan fingerprint density at radius 2 is 2.19 bits per heavy atom. The van der Waals surface area contributed by atoms with Crippen molar-refractivity contribution in [3.05, 3.63) is 10.6 Å². The third kappa shape index (κ3) is 4.41. The van der Waals surface area contributed by atoms with E-state index in [1.165, 1.54) is 28.5 Å². The molecule has 2 rings (SSSR count). The van der Waals surface area contributed by atoms with Gasteiger partial charge in [-0.2, -0.15) is 0 Å². The molecular weight excluding hydrogens is 282 g/mol. The molecule has 5 heteroatoms. The van der Waals surface area contributed by atoms with Crippen molar-refractivity contribution in [2.75, 3.05) is 31.7 Å². The van der Waals surface area contributed by atoms with Gasteiger partial charge >= 0.3 is 0 Å². The normalized spacial score (nSPS) is 16.2. The first-order valence-electron chi connectivity index (χ1n) is 8.16. The van der Waals surface area contributed by atoms with E-state index in [0.717, 1.165) is 38.6 Å². The summed E-state index contributed by atoms with van der Waals surface area (Å²) in [4.78, 5) is 8.76. The third-order valence-corrected chi connectivity index (χ3v) is 5.35. The zero-order valence-corrected chi connectivity index (χ0v) is 14.6. The average Bonchev–Trinajstić information content (AvgIpc) is 3.26. The Hall–Kier alpha value is -0.650. The number of methoxy groups -OCH3 is 1. The molecule has 0 bridgehead atoms. The second-order valence-electron chi connectivity index (χ2n) is 5.76.